The van der Waals surface area contributed by atoms with Crippen molar-refractivity contribution in [3.63, 3.8) is 0 Å². The minimum Gasteiger partial charge on any atom is -0.301 e. The summed E-state index contributed by atoms with van der Waals surface area (Å²) in [4.78, 5) is 25.8. The van der Waals surface area contributed by atoms with Crippen molar-refractivity contribution in [2.45, 2.75) is 17.8 Å². The lowest BCUT2D eigenvalue weighted by Crippen LogP contribution is -2.05. The number of aryl methyl sites for hydroxylation is 1. The summed E-state index contributed by atoms with van der Waals surface area (Å²) in [7, 11) is 0. The van der Waals surface area contributed by atoms with Gasteiger partial charge < -0.3 is 4.98 Å². The van der Waals surface area contributed by atoms with Crippen LogP contribution in [0, 0.1) is 6.92 Å². The van der Waals surface area contributed by atoms with Gasteiger partial charge in [-0.15, -0.1) is 0 Å². The Morgan fingerprint density at radius 1 is 1.38 bits per heavy atom. The maximum Gasteiger partial charge on any atom is 0.251 e. The van der Waals surface area contributed by atoms with Gasteiger partial charge in [0.25, 0.3) is 5.56 Å². The molecule has 0 aliphatic heterocycles. The summed E-state index contributed by atoms with van der Waals surface area (Å²) in [6, 6.07) is 3.30. The average Bonchev–Trinajstić information content (AvgIpc) is 2.27. The lowest BCUT2D eigenvalue weighted by molar-refractivity contribution is 0.933. The van der Waals surface area contributed by atoms with Gasteiger partial charge in [0, 0.05) is 23.7 Å². The van der Waals surface area contributed by atoms with Crippen molar-refractivity contribution >= 4 is 11.8 Å². The van der Waals surface area contributed by atoms with E-state index in [9.17, 15) is 4.79 Å². The van der Waals surface area contributed by atoms with Crippen molar-refractivity contribution in [3.05, 3.63) is 46.4 Å². The monoisotopic (exact) mass is 234 g/mol. The van der Waals surface area contributed by atoms with Gasteiger partial charge >= 0.3 is 0 Å². The molecule has 0 amide bonds. The summed E-state index contributed by atoms with van der Waals surface area (Å²) in [6.07, 6.45) is 3.03. The molecule has 0 radical (unpaired) electrons. The first-order valence-electron chi connectivity index (χ1n) is 4.70. The van der Waals surface area contributed by atoms with Crippen molar-refractivity contribution in [1.29, 1.82) is 0 Å². The van der Waals surface area contributed by atoms with Crippen LogP contribution < -0.4 is 5.56 Å². The molecule has 2 heterocycles. The van der Waals surface area contributed by atoms with Crippen LogP contribution in [0.1, 0.15) is 11.4 Å². The second-order valence-corrected chi connectivity index (χ2v) is 4.14. The highest BCUT2D eigenvalue weighted by atomic mass is 32.2. The zero-order valence-corrected chi connectivity index (χ0v) is 9.49. The summed E-state index contributed by atoms with van der Waals surface area (Å²) >= 11 is 1.44. The summed E-state index contributed by atoms with van der Waals surface area (Å²) in [5.74, 6) is 0.663. The molecule has 0 saturated heterocycles. The Morgan fingerprint density at radius 3 is 3.00 bits per heavy atom. The van der Waals surface area contributed by atoms with Crippen LogP contribution in [0.15, 0.2) is 34.6 Å². The van der Waals surface area contributed by atoms with Gasteiger partial charge in [-0.2, -0.15) is 0 Å². The van der Waals surface area contributed by atoms with E-state index < -0.39 is 0 Å². The van der Waals surface area contributed by atoms with Gasteiger partial charge in [-0.05, 0) is 13.0 Å². The quantitative estimate of drug-likeness (QED) is 0.637. The zero-order chi connectivity index (χ0) is 11.4. The van der Waals surface area contributed by atoms with Gasteiger partial charge in [0.15, 0.2) is 5.16 Å². The van der Waals surface area contributed by atoms with Gasteiger partial charge in [-0.1, -0.05) is 11.8 Å². The van der Waals surface area contributed by atoms with E-state index in [-0.39, 0.29) is 5.56 Å². The molecule has 1 N–H and O–H groups in total. The molecular formula is C10H10N4OS. The SMILES string of the molecule is Cc1cc(CSc2nccc(=O)[nH]2)ncn1. The Labute approximate surface area is 96.4 Å². The molecule has 6 heteroatoms. The van der Waals surface area contributed by atoms with Crippen LogP contribution in [0.2, 0.25) is 0 Å². The summed E-state index contributed by atoms with van der Waals surface area (Å²) in [5, 5.41) is 0.601. The molecule has 0 atom stereocenters. The van der Waals surface area contributed by atoms with E-state index in [1.165, 1.54) is 30.4 Å². The van der Waals surface area contributed by atoms with E-state index >= 15 is 0 Å². The predicted octanol–water partition coefficient (Wildman–Crippen LogP) is 1.16. The summed E-state index contributed by atoms with van der Waals surface area (Å²) in [6.45, 7) is 1.92. The predicted molar refractivity (Wildman–Crippen MR) is 61.2 cm³/mol. The fraction of sp³-hybridized carbons (Fsp3) is 0.200. The van der Waals surface area contributed by atoms with Gasteiger partial charge in [0.2, 0.25) is 0 Å². The first-order valence-corrected chi connectivity index (χ1v) is 5.68. The third-order valence-corrected chi connectivity index (χ3v) is 2.79. The number of aromatic amines is 1. The van der Waals surface area contributed by atoms with Crippen LogP contribution in [0.3, 0.4) is 0 Å². The fourth-order valence-electron chi connectivity index (χ4n) is 1.16. The Hall–Kier alpha value is -1.69. The number of rotatable bonds is 3. The fourth-order valence-corrected chi connectivity index (χ4v) is 1.91. The van der Waals surface area contributed by atoms with Crippen LogP contribution in [0.4, 0.5) is 0 Å². The Bertz CT molecular complexity index is 540. The van der Waals surface area contributed by atoms with Crippen LogP contribution in [0.25, 0.3) is 0 Å². The number of aromatic nitrogens is 4. The Kier molecular flexibility index (Phi) is 3.31. The molecule has 16 heavy (non-hydrogen) atoms. The van der Waals surface area contributed by atoms with E-state index in [2.05, 4.69) is 19.9 Å². The van der Waals surface area contributed by atoms with E-state index in [1.54, 1.807) is 0 Å². The minimum absolute atomic E-state index is 0.142. The lowest BCUT2D eigenvalue weighted by Gasteiger charge is -2.00. The number of hydrogen-bond donors (Lipinski definition) is 1. The maximum atomic E-state index is 11.0. The second-order valence-electron chi connectivity index (χ2n) is 3.18. The molecule has 0 aliphatic rings. The highest BCUT2D eigenvalue weighted by Gasteiger charge is 2.00. The molecule has 0 unspecified atom stereocenters. The minimum atomic E-state index is -0.142. The number of H-pyrrole nitrogens is 1. The van der Waals surface area contributed by atoms with E-state index in [0.717, 1.165) is 11.4 Å². The Morgan fingerprint density at radius 2 is 2.25 bits per heavy atom. The highest BCUT2D eigenvalue weighted by molar-refractivity contribution is 7.98. The van der Waals surface area contributed by atoms with Crippen LogP contribution in [-0.2, 0) is 5.75 Å². The molecule has 2 aromatic rings. The normalized spacial score (nSPS) is 10.3. The molecule has 0 bridgehead atoms. The highest BCUT2D eigenvalue weighted by Crippen LogP contribution is 2.15. The molecule has 0 fully saturated rings. The van der Waals surface area contributed by atoms with Gasteiger partial charge in [-0.3, -0.25) is 4.79 Å². The number of thioether (sulfide) groups is 1. The molecule has 0 spiro atoms. The van der Waals surface area contributed by atoms with Crippen molar-refractivity contribution in [2.24, 2.45) is 0 Å². The lowest BCUT2D eigenvalue weighted by atomic mass is 10.4. The van der Waals surface area contributed by atoms with E-state index in [1.807, 2.05) is 13.0 Å². The van der Waals surface area contributed by atoms with Crippen LogP contribution in [0.5, 0.6) is 0 Å². The summed E-state index contributed by atoms with van der Waals surface area (Å²) in [5.41, 5.74) is 1.71. The first kappa shape index (κ1) is 10.8. The molecule has 2 rings (SSSR count). The third kappa shape index (κ3) is 2.90. The van der Waals surface area contributed by atoms with Crippen LogP contribution in [-0.4, -0.2) is 19.9 Å². The summed E-state index contributed by atoms with van der Waals surface area (Å²) < 4.78 is 0. The Balaban J connectivity index is 2.05. The molecule has 0 aromatic carbocycles. The smallest absolute Gasteiger partial charge is 0.251 e. The molecule has 0 aliphatic carbocycles. The largest absolute Gasteiger partial charge is 0.301 e. The van der Waals surface area contributed by atoms with Crippen molar-refractivity contribution in [1.82, 2.24) is 19.9 Å². The van der Waals surface area contributed by atoms with Crippen molar-refractivity contribution in [3.8, 4) is 0 Å². The van der Waals surface area contributed by atoms with Crippen LogP contribution >= 0.6 is 11.8 Å². The van der Waals surface area contributed by atoms with E-state index in [0.29, 0.717) is 10.9 Å². The molecule has 82 valence electrons. The second kappa shape index (κ2) is 4.89. The number of hydrogen-bond acceptors (Lipinski definition) is 5. The van der Waals surface area contributed by atoms with Crippen molar-refractivity contribution in [2.75, 3.05) is 0 Å². The van der Waals surface area contributed by atoms with Gasteiger partial charge in [-0.25, -0.2) is 15.0 Å². The van der Waals surface area contributed by atoms with Gasteiger partial charge in [0.05, 0.1) is 5.69 Å². The average molecular weight is 234 g/mol. The number of nitrogens with one attached hydrogen (secondary N) is 1. The standard InChI is InChI=1S/C10H10N4OS/c1-7-4-8(13-6-12-7)5-16-10-11-3-2-9(15)14-10/h2-4,6H,5H2,1H3,(H,11,14,15). The third-order valence-electron chi connectivity index (χ3n) is 1.87. The molecular weight excluding hydrogens is 224 g/mol. The maximum absolute atomic E-state index is 11.0. The number of nitrogens with zero attached hydrogens (tertiary/aromatic N) is 3. The molecule has 5 nitrogen and oxygen atoms in total. The topological polar surface area (TPSA) is 71.5 Å². The van der Waals surface area contributed by atoms with Gasteiger partial charge in [0.1, 0.15) is 6.33 Å². The first-order chi connectivity index (χ1) is 7.74. The molecule has 0 saturated carbocycles. The van der Waals surface area contributed by atoms with Crippen molar-refractivity contribution < 1.29 is 0 Å². The molecule has 2 aromatic heterocycles. The van der Waals surface area contributed by atoms with E-state index in [4.69, 9.17) is 0 Å². The zero-order valence-electron chi connectivity index (χ0n) is 8.67.